The van der Waals surface area contributed by atoms with Gasteiger partial charge in [-0.25, -0.2) is 0 Å². The van der Waals surface area contributed by atoms with Gasteiger partial charge < -0.3 is 15.0 Å². The number of ketones is 1. The van der Waals surface area contributed by atoms with Crippen LogP contribution < -0.4 is 5.32 Å². The molecular formula is C22H33ClN2O3. The molecule has 2 heterocycles. The van der Waals surface area contributed by atoms with E-state index in [2.05, 4.69) is 31.3 Å². The van der Waals surface area contributed by atoms with Crippen molar-refractivity contribution in [2.45, 2.75) is 52.2 Å². The number of benzene rings is 1. The van der Waals surface area contributed by atoms with Crippen molar-refractivity contribution in [2.24, 2.45) is 11.8 Å². The van der Waals surface area contributed by atoms with Gasteiger partial charge in [-0.15, -0.1) is 12.4 Å². The summed E-state index contributed by atoms with van der Waals surface area (Å²) >= 11 is 0. The molecule has 0 aliphatic carbocycles. The third-order valence-electron chi connectivity index (χ3n) is 5.64. The Morgan fingerprint density at radius 2 is 1.82 bits per heavy atom. The molecule has 0 bridgehead atoms. The van der Waals surface area contributed by atoms with Crippen LogP contribution >= 0.6 is 12.4 Å². The SMILES string of the molecule is CC(C)Cc1ccc(C(=O)C2CCN(C(=O)[C@H]3NCCO[C@@H]3C)CC2)cc1.Cl. The van der Waals surface area contributed by atoms with Crippen LogP contribution in [0.2, 0.25) is 0 Å². The van der Waals surface area contributed by atoms with E-state index in [1.165, 1.54) is 5.56 Å². The van der Waals surface area contributed by atoms with Crippen LogP contribution in [0.1, 0.15) is 49.5 Å². The van der Waals surface area contributed by atoms with Crippen LogP contribution in [0.5, 0.6) is 0 Å². The molecule has 6 heteroatoms. The summed E-state index contributed by atoms with van der Waals surface area (Å²) in [6, 6.07) is 7.80. The molecule has 1 aromatic carbocycles. The molecule has 3 rings (SSSR count). The van der Waals surface area contributed by atoms with Crippen LogP contribution in [-0.4, -0.2) is 55.0 Å². The predicted octanol–water partition coefficient (Wildman–Crippen LogP) is 3.11. The Labute approximate surface area is 174 Å². The molecule has 2 saturated heterocycles. The maximum atomic E-state index is 12.8. The van der Waals surface area contributed by atoms with Gasteiger partial charge >= 0.3 is 0 Å². The average molecular weight is 409 g/mol. The van der Waals surface area contributed by atoms with E-state index < -0.39 is 0 Å². The van der Waals surface area contributed by atoms with Gasteiger partial charge in [-0.2, -0.15) is 0 Å². The molecule has 2 aliphatic rings. The highest BCUT2D eigenvalue weighted by Gasteiger charge is 2.34. The van der Waals surface area contributed by atoms with E-state index in [0.717, 1.165) is 24.8 Å². The summed E-state index contributed by atoms with van der Waals surface area (Å²) in [5, 5.41) is 3.26. The lowest BCUT2D eigenvalue weighted by molar-refractivity contribution is -0.140. The Balaban J connectivity index is 0.00000280. The Hall–Kier alpha value is -1.43. The first-order chi connectivity index (χ1) is 13.0. The number of amides is 1. The van der Waals surface area contributed by atoms with Crippen molar-refractivity contribution in [3.8, 4) is 0 Å². The normalized spacial score (nSPS) is 23.4. The van der Waals surface area contributed by atoms with Crippen molar-refractivity contribution in [1.82, 2.24) is 10.2 Å². The standard InChI is InChI=1S/C22H32N2O3.ClH/c1-15(2)14-17-4-6-18(7-5-17)21(25)19-8-11-24(12-9-19)22(26)20-16(3)27-13-10-23-20;/h4-7,15-16,19-20,23H,8-14H2,1-3H3;1H/t16-,20+;/m1./s1. The fourth-order valence-electron chi connectivity index (χ4n) is 4.08. The van der Waals surface area contributed by atoms with E-state index in [4.69, 9.17) is 4.74 Å². The topological polar surface area (TPSA) is 58.6 Å². The zero-order chi connectivity index (χ0) is 19.4. The second-order valence-electron chi connectivity index (χ2n) is 8.27. The first-order valence-electron chi connectivity index (χ1n) is 10.2. The Kier molecular flexibility index (Phi) is 8.47. The van der Waals surface area contributed by atoms with Gasteiger partial charge in [0.2, 0.25) is 5.91 Å². The van der Waals surface area contributed by atoms with Gasteiger partial charge in [-0.1, -0.05) is 38.1 Å². The second-order valence-corrected chi connectivity index (χ2v) is 8.27. The maximum absolute atomic E-state index is 12.8. The van der Waals surface area contributed by atoms with Crippen LogP contribution in [0.25, 0.3) is 0 Å². The average Bonchev–Trinajstić information content (AvgIpc) is 2.67. The van der Waals surface area contributed by atoms with Crippen molar-refractivity contribution in [3.63, 3.8) is 0 Å². The summed E-state index contributed by atoms with van der Waals surface area (Å²) in [7, 11) is 0. The number of rotatable bonds is 5. The number of nitrogens with zero attached hydrogens (tertiary/aromatic N) is 1. The summed E-state index contributed by atoms with van der Waals surface area (Å²) in [6.07, 6.45) is 2.40. The number of piperidine rings is 1. The number of hydrogen-bond donors (Lipinski definition) is 1. The number of ether oxygens (including phenoxy) is 1. The highest BCUT2D eigenvalue weighted by Crippen LogP contribution is 2.23. The number of Topliss-reactive ketones (excluding diaryl/α,β-unsaturated/α-hetero) is 1. The van der Waals surface area contributed by atoms with Gasteiger partial charge in [0, 0.05) is 31.1 Å². The number of halogens is 1. The number of nitrogens with one attached hydrogen (secondary N) is 1. The first-order valence-corrected chi connectivity index (χ1v) is 10.2. The number of carbonyl (C=O) groups is 2. The molecule has 0 saturated carbocycles. The lowest BCUT2D eigenvalue weighted by Crippen LogP contribution is -2.57. The largest absolute Gasteiger partial charge is 0.375 e. The minimum atomic E-state index is -0.264. The van der Waals surface area contributed by atoms with E-state index in [9.17, 15) is 9.59 Å². The molecule has 1 aromatic rings. The van der Waals surface area contributed by atoms with Gasteiger partial charge in [-0.3, -0.25) is 9.59 Å². The Morgan fingerprint density at radius 3 is 2.39 bits per heavy atom. The number of carbonyl (C=O) groups excluding carboxylic acids is 2. The van der Waals surface area contributed by atoms with E-state index in [1.54, 1.807) is 0 Å². The third kappa shape index (κ3) is 5.56. The fraction of sp³-hybridized carbons (Fsp3) is 0.636. The van der Waals surface area contributed by atoms with E-state index in [0.29, 0.717) is 32.2 Å². The van der Waals surface area contributed by atoms with Crippen LogP contribution in [0, 0.1) is 11.8 Å². The Bertz CT molecular complexity index is 654. The third-order valence-corrected chi connectivity index (χ3v) is 5.64. The minimum absolute atomic E-state index is 0. The summed E-state index contributed by atoms with van der Waals surface area (Å²) in [4.78, 5) is 27.4. The molecule has 28 heavy (non-hydrogen) atoms. The zero-order valence-corrected chi connectivity index (χ0v) is 18.0. The minimum Gasteiger partial charge on any atom is -0.375 e. The lowest BCUT2D eigenvalue weighted by atomic mass is 9.88. The highest BCUT2D eigenvalue weighted by atomic mass is 35.5. The molecule has 0 radical (unpaired) electrons. The second kappa shape index (κ2) is 10.4. The summed E-state index contributed by atoms with van der Waals surface area (Å²) in [6.45, 7) is 8.98. The number of likely N-dealkylation sites (tertiary alicyclic amines) is 1. The summed E-state index contributed by atoms with van der Waals surface area (Å²) in [5.74, 6) is 0.940. The van der Waals surface area contributed by atoms with Crippen molar-refractivity contribution in [1.29, 1.82) is 0 Å². The molecule has 2 atom stereocenters. The van der Waals surface area contributed by atoms with Crippen molar-refractivity contribution in [2.75, 3.05) is 26.2 Å². The predicted molar refractivity (Wildman–Crippen MR) is 113 cm³/mol. The molecule has 1 N–H and O–H groups in total. The molecule has 0 spiro atoms. The quantitative estimate of drug-likeness (QED) is 0.760. The molecule has 156 valence electrons. The summed E-state index contributed by atoms with van der Waals surface area (Å²) in [5.41, 5.74) is 2.07. The van der Waals surface area contributed by atoms with Crippen LogP contribution in [-0.2, 0) is 16.0 Å². The van der Waals surface area contributed by atoms with Gasteiger partial charge in [0.1, 0.15) is 6.04 Å². The van der Waals surface area contributed by atoms with Gasteiger partial charge in [0.15, 0.2) is 5.78 Å². The highest BCUT2D eigenvalue weighted by molar-refractivity contribution is 5.98. The van der Waals surface area contributed by atoms with Crippen LogP contribution in [0.3, 0.4) is 0 Å². The molecule has 2 fully saturated rings. The first kappa shape index (κ1) is 22.9. The van der Waals surface area contributed by atoms with E-state index in [-0.39, 0.29) is 42.2 Å². The molecule has 2 aliphatic heterocycles. The van der Waals surface area contributed by atoms with E-state index in [1.807, 2.05) is 24.0 Å². The van der Waals surface area contributed by atoms with Crippen molar-refractivity contribution < 1.29 is 14.3 Å². The smallest absolute Gasteiger partial charge is 0.242 e. The lowest BCUT2D eigenvalue weighted by Gasteiger charge is -2.37. The molecule has 1 amide bonds. The van der Waals surface area contributed by atoms with Crippen molar-refractivity contribution >= 4 is 24.1 Å². The van der Waals surface area contributed by atoms with Crippen LogP contribution in [0.15, 0.2) is 24.3 Å². The molecule has 5 nitrogen and oxygen atoms in total. The zero-order valence-electron chi connectivity index (χ0n) is 17.1. The fourth-order valence-corrected chi connectivity index (χ4v) is 4.08. The molecule has 0 unspecified atom stereocenters. The summed E-state index contributed by atoms with van der Waals surface area (Å²) < 4.78 is 5.59. The molecule has 0 aromatic heterocycles. The monoisotopic (exact) mass is 408 g/mol. The van der Waals surface area contributed by atoms with Crippen molar-refractivity contribution in [3.05, 3.63) is 35.4 Å². The van der Waals surface area contributed by atoms with Gasteiger partial charge in [0.05, 0.1) is 12.7 Å². The van der Waals surface area contributed by atoms with E-state index >= 15 is 0 Å². The Morgan fingerprint density at radius 1 is 1.18 bits per heavy atom. The van der Waals surface area contributed by atoms with Gasteiger partial charge in [0.25, 0.3) is 0 Å². The number of hydrogen-bond acceptors (Lipinski definition) is 4. The molecular weight excluding hydrogens is 376 g/mol. The maximum Gasteiger partial charge on any atom is 0.242 e. The van der Waals surface area contributed by atoms with Gasteiger partial charge in [-0.05, 0) is 37.7 Å². The number of morpholine rings is 1. The van der Waals surface area contributed by atoms with Crippen LogP contribution in [0.4, 0.5) is 0 Å².